The molecule has 0 saturated heterocycles. The summed E-state index contributed by atoms with van der Waals surface area (Å²) in [5.41, 5.74) is 0.620. The van der Waals surface area contributed by atoms with Crippen LogP contribution in [0.4, 0.5) is 8.78 Å². The Labute approximate surface area is 144 Å². The molecule has 1 aliphatic heterocycles. The van der Waals surface area contributed by atoms with Gasteiger partial charge in [-0.15, -0.1) is 10.2 Å². The van der Waals surface area contributed by atoms with Crippen LogP contribution in [0.5, 0.6) is 5.75 Å². The van der Waals surface area contributed by atoms with Gasteiger partial charge in [0.15, 0.2) is 11.8 Å². The molecule has 1 aromatic heterocycles. The smallest absolute Gasteiger partial charge is 0.387 e. The Bertz CT molecular complexity index is 746. The van der Waals surface area contributed by atoms with E-state index in [1.807, 2.05) is 0 Å². The molecule has 0 amide bonds. The van der Waals surface area contributed by atoms with E-state index in [2.05, 4.69) is 35.1 Å². The predicted molar refractivity (Wildman–Crippen MR) is 88.5 cm³/mol. The first-order chi connectivity index (χ1) is 12.2. The highest BCUT2D eigenvalue weighted by atomic mass is 19.3. The van der Waals surface area contributed by atoms with Crippen LogP contribution in [0, 0.1) is 0 Å². The van der Waals surface area contributed by atoms with Gasteiger partial charge in [-0.05, 0) is 12.5 Å². The van der Waals surface area contributed by atoms with E-state index in [-0.39, 0.29) is 5.75 Å². The highest BCUT2D eigenvalue weighted by Crippen LogP contribution is 2.20. The Morgan fingerprint density at radius 3 is 2.88 bits per heavy atom. The normalized spacial score (nSPS) is 13.8. The second-order valence-electron chi connectivity index (χ2n) is 5.55. The van der Waals surface area contributed by atoms with E-state index in [4.69, 9.17) is 0 Å². The quantitative estimate of drug-likeness (QED) is 0.612. The standard InChI is InChI=1S/C16H20F2N6O/c1-19-16(21-10-14-23-22-13-7-4-8-24(13)14)20-9-11-5-2-3-6-12(11)25-15(17)18/h2-3,5-6,15H,4,7-10H2,1H3,(H2,19,20,21). The number of hydrogen-bond donors (Lipinski definition) is 2. The summed E-state index contributed by atoms with van der Waals surface area (Å²) < 4.78 is 31.5. The lowest BCUT2D eigenvalue weighted by Crippen LogP contribution is -2.37. The topological polar surface area (TPSA) is 76.4 Å². The molecule has 2 aromatic rings. The number of para-hydroxylation sites is 1. The molecule has 2 heterocycles. The number of aromatic nitrogens is 3. The van der Waals surface area contributed by atoms with Crippen LogP contribution in [0.15, 0.2) is 29.3 Å². The van der Waals surface area contributed by atoms with Crippen LogP contribution in [-0.2, 0) is 26.1 Å². The van der Waals surface area contributed by atoms with Gasteiger partial charge in [-0.2, -0.15) is 8.78 Å². The maximum atomic E-state index is 12.5. The maximum absolute atomic E-state index is 12.5. The molecule has 25 heavy (non-hydrogen) atoms. The van der Waals surface area contributed by atoms with E-state index < -0.39 is 6.61 Å². The first-order valence-electron chi connectivity index (χ1n) is 8.05. The zero-order valence-electron chi connectivity index (χ0n) is 13.9. The molecule has 9 heteroatoms. The van der Waals surface area contributed by atoms with Crippen LogP contribution >= 0.6 is 0 Å². The number of hydrogen-bond acceptors (Lipinski definition) is 4. The molecule has 0 atom stereocenters. The minimum atomic E-state index is -2.85. The van der Waals surface area contributed by atoms with Crippen molar-refractivity contribution in [2.45, 2.75) is 39.1 Å². The first-order valence-corrected chi connectivity index (χ1v) is 8.05. The Morgan fingerprint density at radius 1 is 1.28 bits per heavy atom. The minimum absolute atomic E-state index is 0.149. The number of benzene rings is 1. The molecule has 0 aliphatic carbocycles. The van der Waals surface area contributed by atoms with Crippen LogP contribution in [0.25, 0.3) is 0 Å². The number of ether oxygens (including phenoxy) is 1. The Balaban J connectivity index is 1.56. The average Bonchev–Trinajstić information content (AvgIpc) is 3.20. The lowest BCUT2D eigenvalue weighted by Gasteiger charge is -2.14. The molecular formula is C16H20F2N6O. The highest BCUT2D eigenvalue weighted by molar-refractivity contribution is 5.79. The van der Waals surface area contributed by atoms with Crippen molar-refractivity contribution in [3.8, 4) is 5.75 Å². The Kier molecular flexibility index (Phi) is 5.42. The molecule has 2 N–H and O–H groups in total. The summed E-state index contributed by atoms with van der Waals surface area (Å²) in [6.45, 7) is -1.12. The zero-order chi connectivity index (χ0) is 17.6. The molecule has 0 radical (unpaired) electrons. The summed E-state index contributed by atoms with van der Waals surface area (Å²) in [6, 6.07) is 6.66. The maximum Gasteiger partial charge on any atom is 0.387 e. The highest BCUT2D eigenvalue weighted by Gasteiger charge is 2.17. The van der Waals surface area contributed by atoms with E-state index in [0.29, 0.717) is 24.6 Å². The van der Waals surface area contributed by atoms with Gasteiger partial charge in [0, 0.05) is 32.1 Å². The van der Waals surface area contributed by atoms with Gasteiger partial charge < -0.3 is 19.9 Å². The van der Waals surface area contributed by atoms with E-state index in [1.165, 1.54) is 6.07 Å². The van der Waals surface area contributed by atoms with Crippen molar-refractivity contribution in [2.24, 2.45) is 4.99 Å². The number of halogens is 2. The van der Waals surface area contributed by atoms with Crippen molar-refractivity contribution in [3.63, 3.8) is 0 Å². The van der Waals surface area contributed by atoms with Crippen molar-refractivity contribution in [1.29, 1.82) is 0 Å². The fourth-order valence-electron chi connectivity index (χ4n) is 2.76. The van der Waals surface area contributed by atoms with Gasteiger partial charge >= 0.3 is 6.61 Å². The fraction of sp³-hybridized carbons (Fsp3) is 0.438. The Hall–Kier alpha value is -2.71. The van der Waals surface area contributed by atoms with E-state index in [1.54, 1.807) is 25.2 Å². The number of nitrogens with one attached hydrogen (secondary N) is 2. The largest absolute Gasteiger partial charge is 0.434 e. The molecule has 3 rings (SSSR count). The van der Waals surface area contributed by atoms with Crippen LogP contribution in [0.1, 0.15) is 23.6 Å². The third-order valence-electron chi connectivity index (χ3n) is 3.96. The van der Waals surface area contributed by atoms with Gasteiger partial charge in [-0.3, -0.25) is 4.99 Å². The fourth-order valence-corrected chi connectivity index (χ4v) is 2.76. The van der Waals surface area contributed by atoms with Crippen molar-refractivity contribution in [1.82, 2.24) is 25.4 Å². The number of aryl methyl sites for hydroxylation is 1. The monoisotopic (exact) mass is 350 g/mol. The molecule has 0 unspecified atom stereocenters. The summed E-state index contributed by atoms with van der Waals surface area (Å²) in [5, 5.41) is 14.6. The van der Waals surface area contributed by atoms with Crippen molar-refractivity contribution in [3.05, 3.63) is 41.5 Å². The van der Waals surface area contributed by atoms with Crippen LogP contribution in [-0.4, -0.2) is 34.4 Å². The molecule has 134 valence electrons. The second kappa shape index (κ2) is 7.91. The minimum Gasteiger partial charge on any atom is -0.434 e. The number of fused-ring (bicyclic) bond motifs is 1. The van der Waals surface area contributed by atoms with Crippen LogP contribution < -0.4 is 15.4 Å². The van der Waals surface area contributed by atoms with Gasteiger partial charge in [0.2, 0.25) is 0 Å². The molecule has 0 spiro atoms. The van der Waals surface area contributed by atoms with Gasteiger partial charge in [0.25, 0.3) is 0 Å². The van der Waals surface area contributed by atoms with E-state index in [9.17, 15) is 8.78 Å². The SMILES string of the molecule is CN=C(NCc1ccccc1OC(F)F)NCc1nnc2n1CCC2. The van der Waals surface area contributed by atoms with E-state index in [0.717, 1.165) is 31.0 Å². The molecular weight excluding hydrogens is 330 g/mol. The number of guanidine groups is 1. The molecule has 1 aromatic carbocycles. The van der Waals surface area contributed by atoms with Gasteiger partial charge in [-0.1, -0.05) is 18.2 Å². The van der Waals surface area contributed by atoms with Crippen molar-refractivity contribution in [2.75, 3.05) is 7.05 Å². The lowest BCUT2D eigenvalue weighted by molar-refractivity contribution is -0.0504. The number of aliphatic imine (C=N–C) groups is 1. The van der Waals surface area contributed by atoms with E-state index >= 15 is 0 Å². The molecule has 7 nitrogen and oxygen atoms in total. The average molecular weight is 350 g/mol. The van der Waals surface area contributed by atoms with Gasteiger partial charge in [0.05, 0.1) is 6.54 Å². The molecule has 0 saturated carbocycles. The molecule has 0 fully saturated rings. The number of alkyl halides is 2. The lowest BCUT2D eigenvalue weighted by atomic mass is 10.2. The van der Waals surface area contributed by atoms with Crippen molar-refractivity contribution < 1.29 is 13.5 Å². The van der Waals surface area contributed by atoms with Crippen molar-refractivity contribution >= 4 is 5.96 Å². The number of nitrogens with zero attached hydrogens (tertiary/aromatic N) is 4. The third kappa shape index (κ3) is 4.23. The number of rotatable bonds is 6. The zero-order valence-corrected chi connectivity index (χ0v) is 13.9. The molecule has 0 bridgehead atoms. The summed E-state index contributed by atoms with van der Waals surface area (Å²) in [6.07, 6.45) is 2.05. The second-order valence-corrected chi connectivity index (χ2v) is 5.55. The summed E-state index contributed by atoms with van der Waals surface area (Å²) in [4.78, 5) is 4.13. The van der Waals surface area contributed by atoms with Gasteiger partial charge in [0.1, 0.15) is 11.6 Å². The summed E-state index contributed by atoms with van der Waals surface area (Å²) >= 11 is 0. The van der Waals surface area contributed by atoms with Crippen LogP contribution in [0.3, 0.4) is 0 Å². The predicted octanol–water partition coefficient (Wildman–Crippen LogP) is 1.69. The Morgan fingerprint density at radius 2 is 2.08 bits per heavy atom. The van der Waals surface area contributed by atoms with Gasteiger partial charge in [-0.25, -0.2) is 0 Å². The van der Waals surface area contributed by atoms with Crippen LogP contribution in [0.2, 0.25) is 0 Å². The molecule has 1 aliphatic rings. The first kappa shape index (κ1) is 17.1. The summed E-state index contributed by atoms with van der Waals surface area (Å²) in [5.74, 6) is 2.56. The summed E-state index contributed by atoms with van der Waals surface area (Å²) in [7, 11) is 1.64. The third-order valence-corrected chi connectivity index (χ3v) is 3.96.